The highest BCUT2D eigenvalue weighted by atomic mass is 32.1. The van der Waals surface area contributed by atoms with Gasteiger partial charge in [-0.15, -0.1) is 34.0 Å². The highest BCUT2D eigenvalue weighted by Gasteiger charge is 2.30. The summed E-state index contributed by atoms with van der Waals surface area (Å²) in [5.41, 5.74) is 9.98. The summed E-state index contributed by atoms with van der Waals surface area (Å²) in [4.78, 5) is 3.93. The van der Waals surface area contributed by atoms with E-state index in [1.165, 1.54) is 59.1 Å². The van der Waals surface area contributed by atoms with Gasteiger partial charge in [0.05, 0.1) is 4.88 Å². The summed E-state index contributed by atoms with van der Waals surface area (Å²) < 4.78 is 19.4. The summed E-state index contributed by atoms with van der Waals surface area (Å²) >= 11 is 5.38. The second kappa shape index (κ2) is 13.4. The van der Waals surface area contributed by atoms with Gasteiger partial charge in [-0.2, -0.15) is 0 Å². The van der Waals surface area contributed by atoms with Crippen LogP contribution in [0.4, 0.5) is 0 Å². The molecular weight excluding hydrogens is 667 g/mol. The Bertz CT molecular complexity index is 2120. The number of para-hydroxylation sites is 1. The van der Waals surface area contributed by atoms with Crippen molar-refractivity contribution in [2.24, 2.45) is 0 Å². The predicted octanol–water partition coefficient (Wildman–Crippen LogP) is 9.01. The van der Waals surface area contributed by atoms with Gasteiger partial charge < -0.3 is 30.2 Å². The van der Waals surface area contributed by atoms with Crippen molar-refractivity contribution in [3.8, 4) is 49.3 Å². The Morgan fingerprint density at radius 1 is 0.571 bits per heavy atom. The number of hydrogen-bond acceptors (Lipinski definition) is 9. The highest BCUT2D eigenvalue weighted by molar-refractivity contribution is 7.14. The molecule has 0 aliphatic carbocycles. The van der Waals surface area contributed by atoms with Crippen LogP contribution in [0.5, 0.6) is 17.2 Å². The lowest BCUT2D eigenvalue weighted by Gasteiger charge is -2.28. The summed E-state index contributed by atoms with van der Waals surface area (Å²) in [6.07, 6.45) is 0.997. The number of rotatable bonds is 11. The van der Waals surface area contributed by atoms with Crippen molar-refractivity contribution in [1.82, 2.24) is 16.0 Å². The van der Waals surface area contributed by atoms with Crippen molar-refractivity contribution in [3.63, 3.8) is 0 Å². The Morgan fingerprint density at radius 3 is 1.98 bits per heavy atom. The van der Waals surface area contributed by atoms with Crippen molar-refractivity contribution < 1.29 is 14.2 Å². The van der Waals surface area contributed by atoms with Crippen LogP contribution in [0.1, 0.15) is 45.4 Å². The monoisotopic (exact) mass is 703 g/mol. The molecule has 3 unspecified atom stereocenters. The van der Waals surface area contributed by atoms with Crippen LogP contribution in [0, 0.1) is 0 Å². The van der Waals surface area contributed by atoms with Gasteiger partial charge in [-0.3, -0.25) is 0 Å². The summed E-state index contributed by atoms with van der Waals surface area (Å²) in [6.45, 7) is 3.95. The first-order valence-corrected chi connectivity index (χ1v) is 19.5. The molecule has 9 heteroatoms. The number of ether oxygens (including phenoxy) is 3. The van der Waals surface area contributed by atoms with Gasteiger partial charge in [0.2, 0.25) is 0 Å². The highest BCUT2D eigenvalue weighted by Crippen LogP contribution is 2.48. The van der Waals surface area contributed by atoms with E-state index < -0.39 is 0 Å². The minimum absolute atomic E-state index is 0.00852. The van der Waals surface area contributed by atoms with Gasteiger partial charge in [0.15, 0.2) is 0 Å². The zero-order valence-corrected chi connectivity index (χ0v) is 29.6. The van der Waals surface area contributed by atoms with E-state index in [0.29, 0.717) is 0 Å². The molecule has 0 amide bonds. The second-order valence-corrected chi connectivity index (χ2v) is 15.5. The molecule has 3 aliphatic rings. The first-order valence-electron chi connectivity index (χ1n) is 16.9. The lowest BCUT2D eigenvalue weighted by molar-refractivity contribution is 0.199. The standard InChI is InChI=1S/C40H37N3O3S3/c1-41-21-35-28-12-16-47-38(28)30-18-24(6-8-33(30)44-35)10-14-42-22-36-29-13-17-48-39(29)31-19-25(7-9-34(31)45-36)20-43-23-37-40-27(11-15-49-40)26-4-2-3-5-32(26)46-37/h2-9,11-13,15-19,35-37,41-43H,10,14,20-23H2,1H3. The van der Waals surface area contributed by atoms with Crippen LogP contribution in [0.25, 0.3) is 32.0 Å². The van der Waals surface area contributed by atoms with Crippen molar-refractivity contribution >= 4 is 34.0 Å². The quantitative estimate of drug-likeness (QED) is 0.117. The van der Waals surface area contributed by atoms with E-state index in [1.807, 2.05) is 13.1 Å². The van der Waals surface area contributed by atoms with Crippen LogP contribution in [-0.2, 0) is 13.0 Å². The summed E-state index contributed by atoms with van der Waals surface area (Å²) in [7, 11) is 1.97. The molecular formula is C40H37N3O3S3. The lowest BCUT2D eigenvalue weighted by Crippen LogP contribution is -2.28. The van der Waals surface area contributed by atoms with Crippen molar-refractivity contribution in [1.29, 1.82) is 0 Å². The Hall–Kier alpha value is -3.96. The average Bonchev–Trinajstić information content (AvgIpc) is 3.93. The van der Waals surface area contributed by atoms with Gasteiger partial charge in [0.1, 0.15) is 35.6 Å². The number of benzene rings is 3. The number of fused-ring (bicyclic) bond motifs is 9. The molecule has 3 aromatic carbocycles. The van der Waals surface area contributed by atoms with Gasteiger partial charge in [-0.1, -0.05) is 30.3 Å². The Labute approximate surface area is 298 Å². The van der Waals surface area contributed by atoms with Crippen LogP contribution in [0.2, 0.25) is 0 Å². The number of likely N-dealkylation sites (N-methyl/N-ethyl adjacent to an activating group) is 1. The first-order chi connectivity index (χ1) is 24.2. The van der Waals surface area contributed by atoms with Crippen LogP contribution >= 0.6 is 34.0 Å². The average molecular weight is 704 g/mol. The van der Waals surface area contributed by atoms with E-state index in [4.69, 9.17) is 14.2 Å². The molecule has 6 heterocycles. The second-order valence-electron chi connectivity index (χ2n) is 12.7. The van der Waals surface area contributed by atoms with Crippen LogP contribution in [0.3, 0.4) is 0 Å². The third-order valence-electron chi connectivity index (χ3n) is 9.60. The molecule has 0 bridgehead atoms. The first kappa shape index (κ1) is 31.1. The fourth-order valence-electron chi connectivity index (χ4n) is 7.22. The van der Waals surface area contributed by atoms with E-state index in [-0.39, 0.29) is 18.3 Å². The Morgan fingerprint density at radius 2 is 1.20 bits per heavy atom. The molecule has 6 aromatic rings. The van der Waals surface area contributed by atoms with Gasteiger partial charge in [0.25, 0.3) is 0 Å². The molecule has 0 radical (unpaired) electrons. The molecule has 3 N–H and O–H groups in total. The molecule has 49 heavy (non-hydrogen) atoms. The third kappa shape index (κ3) is 5.88. The van der Waals surface area contributed by atoms with Crippen LogP contribution < -0.4 is 30.2 Å². The predicted molar refractivity (Wildman–Crippen MR) is 202 cm³/mol. The Balaban J connectivity index is 0.811. The zero-order valence-electron chi connectivity index (χ0n) is 27.2. The number of hydrogen-bond donors (Lipinski definition) is 3. The van der Waals surface area contributed by atoms with E-state index >= 15 is 0 Å². The van der Waals surface area contributed by atoms with E-state index in [1.54, 1.807) is 34.0 Å². The third-order valence-corrected chi connectivity index (χ3v) is 12.5. The fraction of sp³-hybridized carbons (Fsp3) is 0.250. The zero-order chi connectivity index (χ0) is 32.7. The maximum atomic E-state index is 6.61. The molecule has 248 valence electrons. The molecule has 0 saturated carbocycles. The smallest absolute Gasteiger partial charge is 0.146 e. The SMILES string of the molecule is CNCC1Oc2ccc(CCNCC3Oc4ccc(CNCC5Oc6ccccc6-c6ccsc65)cc4-c4sccc43)cc2-c2sccc21. The molecule has 3 atom stereocenters. The minimum atomic E-state index is -0.0150. The molecule has 3 aromatic heterocycles. The molecule has 0 saturated heterocycles. The maximum Gasteiger partial charge on any atom is 0.146 e. The van der Waals surface area contributed by atoms with Gasteiger partial charge in [-0.25, -0.2) is 0 Å². The van der Waals surface area contributed by atoms with Crippen molar-refractivity contribution in [2.45, 2.75) is 31.3 Å². The summed E-state index contributed by atoms with van der Waals surface area (Å²) in [5.74, 6) is 2.90. The van der Waals surface area contributed by atoms with Crippen molar-refractivity contribution in [3.05, 3.63) is 122 Å². The largest absolute Gasteiger partial charge is 0.484 e. The lowest BCUT2D eigenvalue weighted by atomic mass is 9.98. The van der Waals surface area contributed by atoms with E-state index in [9.17, 15) is 0 Å². The van der Waals surface area contributed by atoms with Crippen LogP contribution in [-0.4, -0.2) is 33.2 Å². The topological polar surface area (TPSA) is 63.8 Å². The minimum Gasteiger partial charge on any atom is -0.484 e. The summed E-state index contributed by atoms with van der Waals surface area (Å²) in [6, 6.07) is 28.2. The molecule has 0 spiro atoms. The molecule has 0 fully saturated rings. The van der Waals surface area contributed by atoms with Gasteiger partial charge >= 0.3 is 0 Å². The number of nitrogens with one attached hydrogen (secondary N) is 3. The fourth-order valence-corrected chi connectivity index (χ4v) is 10.1. The van der Waals surface area contributed by atoms with E-state index in [0.717, 1.165) is 56.4 Å². The van der Waals surface area contributed by atoms with Gasteiger partial charge in [-0.05, 0) is 95.8 Å². The normalized spacial score (nSPS) is 18.1. The Kier molecular flexibility index (Phi) is 8.49. The molecule has 3 aliphatic heterocycles. The van der Waals surface area contributed by atoms with E-state index in [2.05, 4.69) is 105 Å². The molecule has 6 nitrogen and oxygen atoms in total. The van der Waals surface area contributed by atoms with Gasteiger partial charge in [0, 0.05) is 69.3 Å². The number of thiophene rings is 3. The summed E-state index contributed by atoms with van der Waals surface area (Å²) in [5, 5.41) is 17.1. The van der Waals surface area contributed by atoms with Crippen LogP contribution in [0.15, 0.2) is 95.0 Å². The van der Waals surface area contributed by atoms with Crippen molar-refractivity contribution in [2.75, 3.05) is 33.2 Å². The molecule has 9 rings (SSSR count). The maximum absolute atomic E-state index is 6.61.